The predicted octanol–water partition coefficient (Wildman–Crippen LogP) is 1.91. The van der Waals surface area contributed by atoms with E-state index >= 15 is 0 Å². The Hall–Kier alpha value is -2.45. The lowest BCUT2D eigenvalue weighted by Crippen LogP contribution is -2.81. The molecule has 168 valence electrons. The first-order valence-electron chi connectivity index (χ1n) is 10.8. The molecule has 0 aliphatic carbocycles. The van der Waals surface area contributed by atoms with Gasteiger partial charge in [0.05, 0.1) is 25.8 Å². The van der Waals surface area contributed by atoms with E-state index < -0.39 is 17.7 Å². The first-order chi connectivity index (χ1) is 15.4. The molecule has 0 saturated carbocycles. The molecular weight excluding hydrogens is 430 g/mol. The molecule has 1 N–H and O–H groups in total. The summed E-state index contributed by atoms with van der Waals surface area (Å²) in [6.07, 6.45) is -0.255. The number of methoxy groups -OCH3 is 1. The van der Waals surface area contributed by atoms with Crippen LogP contribution in [0.3, 0.4) is 0 Å². The number of fused-ring (bicyclic) bond motifs is 2. The number of hydrogen-bond acceptors (Lipinski definition) is 6. The zero-order valence-corrected chi connectivity index (χ0v) is 18.7. The zero-order chi connectivity index (χ0) is 22.5. The van der Waals surface area contributed by atoms with Crippen LogP contribution in [-0.2, 0) is 22.7 Å². The molecule has 3 fully saturated rings. The number of amides is 2. The van der Waals surface area contributed by atoms with Crippen molar-refractivity contribution in [3.8, 4) is 5.75 Å². The van der Waals surface area contributed by atoms with Gasteiger partial charge in [0.25, 0.3) is 5.91 Å². The molecule has 8 heteroatoms. The van der Waals surface area contributed by atoms with Crippen LogP contribution >= 0.6 is 11.6 Å². The number of carbonyl (C=O) groups excluding carboxylic acids is 2. The van der Waals surface area contributed by atoms with Gasteiger partial charge in [-0.25, -0.2) is 0 Å². The third-order valence-electron chi connectivity index (χ3n) is 6.81. The smallest absolute Gasteiger partial charge is 0.252 e. The Morgan fingerprint density at radius 1 is 1.12 bits per heavy atom. The van der Waals surface area contributed by atoms with Gasteiger partial charge in [-0.05, 0) is 30.2 Å². The summed E-state index contributed by atoms with van der Waals surface area (Å²) in [7, 11) is 1.65. The highest BCUT2D eigenvalue weighted by Crippen LogP contribution is 2.41. The van der Waals surface area contributed by atoms with Gasteiger partial charge in [-0.1, -0.05) is 41.9 Å². The number of aliphatic hydroxyl groups is 1. The summed E-state index contributed by atoms with van der Waals surface area (Å²) in [4.78, 5) is 32.4. The van der Waals surface area contributed by atoms with Crippen molar-refractivity contribution in [3.63, 3.8) is 0 Å². The summed E-state index contributed by atoms with van der Waals surface area (Å²) in [6, 6.07) is 14.6. The molecule has 5 rings (SSSR count). The molecule has 32 heavy (non-hydrogen) atoms. The van der Waals surface area contributed by atoms with E-state index in [0.717, 1.165) is 16.9 Å². The minimum absolute atomic E-state index is 0.187. The van der Waals surface area contributed by atoms with Crippen LogP contribution in [0, 0.1) is 0 Å². The summed E-state index contributed by atoms with van der Waals surface area (Å²) >= 11 is 6.11. The number of ether oxygens (including phenoxy) is 1. The van der Waals surface area contributed by atoms with Crippen LogP contribution in [0.4, 0.5) is 0 Å². The molecule has 0 radical (unpaired) electrons. The third kappa shape index (κ3) is 3.49. The van der Waals surface area contributed by atoms with Gasteiger partial charge >= 0.3 is 0 Å². The molecule has 2 aromatic rings. The van der Waals surface area contributed by atoms with E-state index in [2.05, 4.69) is 4.90 Å². The van der Waals surface area contributed by atoms with Gasteiger partial charge < -0.3 is 9.84 Å². The fraction of sp³-hybridized carbons (Fsp3) is 0.417. The second kappa shape index (κ2) is 8.15. The molecule has 3 aliphatic rings. The van der Waals surface area contributed by atoms with Crippen molar-refractivity contribution in [3.05, 3.63) is 64.7 Å². The fourth-order valence-electron chi connectivity index (χ4n) is 5.34. The Kier molecular flexibility index (Phi) is 5.45. The number of aliphatic hydroxyl groups excluding tert-OH is 1. The maximum Gasteiger partial charge on any atom is 0.252 e. The first-order valence-corrected chi connectivity index (χ1v) is 11.2. The van der Waals surface area contributed by atoms with Gasteiger partial charge in [-0.3, -0.25) is 24.3 Å². The second-order valence-corrected chi connectivity index (χ2v) is 9.34. The van der Waals surface area contributed by atoms with Crippen LogP contribution in [0.15, 0.2) is 48.5 Å². The van der Waals surface area contributed by atoms with Gasteiger partial charge in [0, 0.05) is 36.8 Å². The van der Waals surface area contributed by atoms with E-state index in [0.29, 0.717) is 37.6 Å². The number of rotatable bonds is 5. The van der Waals surface area contributed by atoms with E-state index in [9.17, 15) is 14.7 Å². The van der Waals surface area contributed by atoms with Crippen molar-refractivity contribution in [1.82, 2.24) is 14.7 Å². The SMILES string of the molecule is COc1ccccc1CN1CC2(C1)C(=O)N(Cc1cccc(Cl)c1)C(=O)[C@@H]1C[C@@H](O)CN12. The predicted molar refractivity (Wildman–Crippen MR) is 119 cm³/mol. The summed E-state index contributed by atoms with van der Waals surface area (Å²) in [5.74, 6) is 0.389. The van der Waals surface area contributed by atoms with Crippen LogP contribution < -0.4 is 4.74 Å². The number of likely N-dealkylation sites (tertiary alicyclic amines) is 1. The molecule has 2 aromatic carbocycles. The number of benzene rings is 2. The molecule has 0 unspecified atom stereocenters. The highest BCUT2D eigenvalue weighted by molar-refractivity contribution is 6.30. The van der Waals surface area contributed by atoms with E-state index in [4.69, 9.17) is 16.3 Å². The molecule has 3 aliphatic heterocycles. The van der Waals surface area contributed by atoms with Crippen molar-refractivity contribution < 1.29 is 19.4 Å². The Bertz CT molecular complexity index is 1060. The van der Waals surface area contributed by atoms with E-state index in [1.807, 2.05) is 41.3 Å². The Labute approximate surface area is 192 Å². The number of nitrogens with zero attached hydrogens (tertiary/aromatic N) is 3. The largest absolute Gasteiger partial charge is 0.496 e. The normalized spacial score (nSPS) is 25.2. The Morgan fingerprint density at radius 3 is 2.66 bits per heavy atom. The van der Waals surface area contributed by atoms with Gasteiger partial charge in [0.1, 0.15) is 11.3 Å². The molecule has 2 atom stereocenters. The van der Waals surface area contributed by atoms with Crippen molar-refractivity contribution in [2.24, 2.45) is 0 Å². The topological polar surface area (TPSA) is 73.3 Å². The number of carbonyl (C=O) groups is 2. The standard InChI is InChI=1S/C24H26ClN3O4/c1-32-21-8-3-2-6-17(21)12-26-14-24(15-26)23(31)27(11-16-5-4-7-18(25)9-16)22(30)20-10-19(29)13-28(20)24/h2-9,19-20,29H,10-15H2,1H3/t19-,20+/m1/s1. The van der Waals surface area contributed by atoms with Crippen LogP contribution in [0.25, 0.3) is 0 Å². The Morgan fingerprint density at radius 2 is 1.91 bits per heavy atom. The number of halogens is 1. The third-order valence-corrected chi connectivity index (χ3v) is 7.04. The number of β-amino-alcohol motifs (C(OH)–C–C–N with tert-alkyl or cyclic N) is 1. The molecule has 3 saturated heterocycles. The van der Waals surface area contributed by atoms with Crippen molar-refractivity contribution in [2.45, 2.75) is 37.2 Å². The molecule has 0 bridgehead atoms. The maximum absolute atomic E-state index is 13.7. The molecule has 7 nitrogen and oxygen atoms in total. The summed E-state index contributed by atoms with van der Waals surface area (Å²) in [5, 5.41) is 10.9. The lowest BCUT2D eigenvalue weighted by atomic mass is 9.82. The zero-order valence-electron chi connectivity index (χ0n) is 17.9. The highest BCUT2D eigenvalue weighted by atomic mass is 35.5. The van der Waals surface area contributed by atoms with Crippen molar-refractivity contribution >= 4 is 23.4 Å². The van der Waals surface area contributed by atoms with E-state index in [1.54, 1.807) is 19.2 Å². The van der Waals surface area contributed by atoms with Crippen molar-refractivity contribution in [1.29, 1.82) is 0 Å². The summed E-state index contributed by atoms with van der Waals surface area (Å²) in [6.45, 7) is 2.20. The number of piperazine rings is 1. The monoisotopic (exact) mass is 455 g/mol. The fourth-order valence-corrected chi connectivity index (χ4v) is 5.55. The van der Waals surface area contributed by atoms with Gasteiger partial charge in [-0.2, -0.15) is 0 Å². The number of para-hydroxylation sites is 1. The van der Waals surface area contributed by atoms with Crippen LogP contribution in [0.5, 0.6) is 5.75 Å². The van der Waals surface area contributed by atoms with Gasteiger partial charge in [0.15, 0.2) is 0 Å². The summed E-state index contributed by atoms with van der Waals surface area (Å²) in [5.41, 5.74) is 1.07. The quantitative estimate of drug-likeness (QED) is 0.694. The van der Waals surface area contributed by atoms with Crippen LogP contribution in [0.2, 0.25) is 5.02 Å². The first kappa shape index (κ1) is 21.4. The van der Waals surface area contributed by atoms with Gasteiger partial charge in [0.2, 0.25) is 5.91 Å². The van der Waals surface area contributed by atoms with Gasteiger partial charge in [-0.15, -0.1) is 0 Å². The van der Waals surface area contributed by atoms with Crippen molar-refractivity contribution in [2.75, 3.05) is 26.7 Å². The molecule has 2 amide bonds. The van der Waals surface area contributed by atoms with E-state index in [1.165, 1.54) is 4.90 Å². The number of imide groups is 1. The minimum Gasteiger partial charge on any atom is -0.496 e. The van der Waals surface area contributed by atoms with E-state index in [-0.39, 0.29) is 18.4 Å². The molecule has 0 aromatic heterocycles. The summed E-state index contributed by atoms with van der Waals surface area (Å²) < 4.78 is 5.46. The van der Waals surface area contributed by atoms with Crippen LogP contribution in [0.1, 0.15) is 17.5 Å². The molecule has 3 heterocycles. The highest BCUT2D eigenvalue weighted by Gasteiger charge is 2.64. The molecular formula is C24H26ClN3O4. The lowest BCUT2D eigenvalue weighted by molar-refractivity contribution is -0.181. The number of hydrogen-bond donors (Lipinski definition) is 1. The average Bonchev–Trinajstić information content (AvgIpc) is 3.15. The average molecular weight is 456 g/mol. The second-order valence-electron chi connectivity index (χ2n) is 8.91. The van der Waals surface area contributed by atoms with Crippen LogP contribution in [-0.4, -0.2) is 76.0 Å². The Balaban J connectivity index is 1.40. The molecule has 1 spiro atoms. The lowest BCUT2D eigenvalue weighted by Gasteiger charge is -2.58. The maximum atomic E-state index is 13.7. The minimum atomic E-state index is -0.795.